The summed E-state index contributed by atoms with van der Waals surface area (Å²) in [5.74, 6) is -0.646. The Labute approximate surface area is 171 Å². The first-order valence-corrected chi connectivity index (χ1v) is 9.45. The molecule has 0 heterocycles. The maximum Gasteiger partial charge on any atom is 0.258 e. The van der Waals surface area contributed by atoms with Crippen LogP contribution in [0, 0.1) is 9.39 Å². The summed E-state index contributed by atoms with van der Waals surface area (Å²) in [6, 6.07) is 20.4. The number of Topliss-reactive ketones (excluding diaryl/α,β-unsaturated/α-hetero) is 1. The predicted octanol–water partition coefficient (Wildman–Crippen LogP) is 5.48. The van der Waals surface area contributed by atoms with Crippen LogP contribution in [0.4, 0.5) is 10.1 Å². The molecule has 136 valence electrons. The lowest BCUT2D eigenvalue weighted by atomic mass is 10.1. The van der Waals surface area contributed by atoms with E-state index in [9.17, 15) is 14.0 Å². The van der Waals surface area contributed by atoms with Crippen molar-refractivity contribution >= 4 is 40.0 Å². The van der Waals surface area contributed by atoms with Crippen LogP contribution in [0.25, 0.3) is 0 Å². The highest BCUT2D eigenvalue weighted by Crippen LogP contribution is 2.27. The van der Waals surface area contributed by atoms with Crippen LogP contribution in [0.15, 0.2) is 72.8 Å². The summed E-state index contributed by atoms with van der Waals surface area (Å²) in [6.07, 6.45) is 0. The van der Waals surface area contributed by atoms with Crippen molar-refractivity contribution in [3.8, 4) is 0 Å². The van der Waals surface area contributed by atoms with E-state index in [2.05, 4.69) is 22.6 Å². The molecule has 0 N–H and O–H groups in total. The van der Waals surface area contributed by atoms with E-state index in [0.717, 1.165) is 9.13 Å². The third kappa shape index (κ3) is 4.60. The van der Waals surface area contributed by atoms with Crippen LogP contribution < -0.4 is 4.90 Å². The van der Waals surface area contributed by atoms with E-state index in [-0.39, 0.29) is 17.5 Å². The van der Waals surface area contributed by atoms with Gasteiger partial charge in [0.1, 0.15) is 5.82 Å². The van der Waals surface area contributed by atoms with E-state index in [4.69, 9.17) is 0 Å². The van der Waals surface area contributed by atoms with Crippen LogP contribution in [-0.2, 0) is 6.54 Å². The molecule has 1 amide bonds. The average Bonchev–Trinajstić information content (AvgIpc) is 2.67. The van der Waals surface area contributed by atoms with Crippen molar-refractivity contribution in [1.29, 1.82) is 0 Å². The van der Waals surface area contributed by atoms with Gasteiger partial charge in [-0.3, -0.25) is 9.59 Å². The minimum atomic E-state index is -0.387. The van der Waals surface area contributed by atoms with Gasteiger partial charge in [0, 0.05) is 14.7 Å². The van der Waals surface area contributed by atoms with Crippen molar-refractivity contribution in [3.63, 3.8) is 0 Å². The van der Waals surface area contributed by atoms with Crippen LogP contribution in [0.5, 0.6) is 0 Å². The molecule has 0 aliphatic rings. The van der Waals surface area contributed by atoms with Crippen LogP contribution in [0.2, 0.25) is 0 Å². The zero-order valence-corrected chi connectivity index (χ0v) is 16.8. The minimum absolute atomic E-state index is 0.0288. The topological polar surface area (TPSA) is 37.4 Å². The standard InChI is InChI=1S/C22H17FINO2/c1-15(26)18-9-12-21(20(24)13-18)25(14-16-5-3-2-4-6-16)22(27)17-7-10-19(23)11-8-17/h2-13H,14H2,1H3. The number of carbonyl (C=O) groups is 2. The Morgan fingerprint density at radius 1 is 0.926 bits per heavy atom. The first-order valence-electron chi connectivity index (χ1n) is 8.37. The molecule has 0 spiro atoms. The Morgan fingerprint density at radius 2 is 1.56 bits per heavy atom. The van der Waals surface area contributed by atoms with Crippen molar-refractivity contribution in [2.24, 2.45) is 0 Å². The smallest absolute Gasteiger partial charge is 0.258 e. The van der Waals surface area contributed by atoms with Gasteiger partial charge in [-0.05, 0) is 77.5 Å². The largest absolute Gasteiger partial charge is 0.303 e. The molecular formula is C22H17FINO2. The van der Waals surface area contributed by atoms with Crippen LogP contribution in [-0.4, -0.2) is 11.7 Å². The van der Waals surface area contributed by atoms with Gasteiger partial charge in [0.05, 0.1) is 12.2 Å². The van der Waals surface area contributed by atoms with Gasteiger partial charge in [-0.2, -0.15) is 0 Å². The molecule has 5 heteroatoms. The highest BCUT2D eigenvalue weighted by atomic mass is 127. The monoisotopic (exact) mass is 473 g/mol. The van der Waals surface area contributed by atoms with E-state index in [1.54, 1.807) is 23.1 Å². The molecule has 0 radical (unpaired) electrons. The summed E-state index contributed by atoms with van der Waals surface area (Å²) in [5.41, 5.74) is 2.68. The lowest BCUT2D eigenvalue weighted by molar-refractivity contribution is 0.0983. The van der Waals surface area contributed by atoms with Crippen LogP contribution in [0.1, 0.15) is 33.2 Å². The fourth-order valence-electron chi connectivity index (χ4n) is 2.73. The lowest BCUT2D eigenvalue weighted by Crippen LogP contribution is -2.31. The molecule has 0 saturated heterocycles. The molecule has 3 nitrogen and oxygen atoms in total. The summed E-state index contributed by atoms with van der Waals surface area (Å²) < 4.78 is 14.0. The average molecular weight is 473 g/mol. The van der Waals surface area contributed by atoms with E-state index in [1.165, 1.54) is 31.2 Å². The minimum Gasteiger partial charge on any atom is -0.303 e. The number of halogens is 2. The number of anilines is 1. The molecule has 0 bridgehead atoms. The molecule has 27 heavy (non-hydrogen) atoms. The normalized spacial score (nSPS) is 10.5. The first kappa shape index (κ1) is 19.2. The fraction of sp³-hybridized carbons (Fsp3) is 0.0909. The third-order valence-electron chi connectivity index (χ3n) is 4.16. The van der Waals surface area contributed by atoms with Gasteiger partial charge in [0.2, 0.25) is 0 Å². The highest BCUT2D eigenvalue weighted by molar-refractivity contribution is 14.1. The molecule has 0 fully saturated rings. The molecule has 0 aliphatic carbocycles. The van der Waals surface area contributed by atoms with Crippen LogP contribution in [0.3, 0.4) is 0 Å². The number of hydrogen-bond donors (Lipinski definition) is 0. The Morgan fingerprint density at radius 3 is 2.15 bits per heavy atom. The van der Waals surface area contributed by atoms with Gasteiger partial charge in [0.15, 0.2) is 5.78 Å². The molecule has 0 unspecified atom stereocenters. The second-order valence-electron chi connectivity index (χ2n) is 6.11. The quantitative estimate of drug-likeness (QED) is 0.364. The van der Waals surface area contributed by atoms with Crippen LogP contribution >= 0.6 is 22.6 Å². The number of ketones is 1. The summed E-state index contributed by atoms with van der Waals surface area (Å²) in [6.45, 7) is 1.88. The van der Waals surface area contributed by atoms with E-state index in [0.29, 0.717) is 23.4 Å². The number of nitrogens with zero attached hydrogens (tertiary/aromatic N) is 1. The van der Waals surface area contributed by atoms with Gasteiger partial charge in [0.25, 0.3) is 5.91 Å². The van der Waals surface area contributed by atoms with Crippen molar-refractivity contribution in [2.75, 3.05) is 4.90 Å². The number of amides is 1. The summed E-state index contributed by atoms with van der Waals surface area (Å²) in [5, 5.41) is 0. The molecule has 3 rings (SSSR count). The number of rotatable bonds is 5. The maximum absolute atomic E-state index is 13.2. The second-order valence-corrected chi connectivity index (χ2v) is 7.27. The Hall–Kier alpha value is -2.54. The zero-order valence-electron chi connectivity index (χ0n) is 14.7. The number of benzene rings is 3. The molecule has 0 atom stereocenters. The predicted molar refractivity (Wildman–Crippen MR) is 113 cm³/mol. The van der Waals surface area contributed by atoms with Crippen molar-refractivity contribution in [2.45, 2.75) is 13.5 Å². The van der Waals surface area contributed by atoms with E-state index in [1.807, 2.05) is 30.3 Å². The van der Waals surface area contributed by atoms with Crippen molar-refractivity contribution in [1.82, 2.24) is 0 Å². The summed E-state index contributed by atoms with van der Waals surface area (Å²) >= 11 is 2.13. The number of hydrogen-bond acceptors (Lipinski definition) is 2. The SMILES string of the molecule is CC(=O)c1ccc(N(Cc2ccccc2)C(=O)c2ccc(F)cc2)c(I)c1. The Balaban J connectivity index is 2.03. The molecule has 3 aromatic carbocycles. The first-order chi connectivity index (χ1) is 13.0. The third-order valence-corrected chi connectivity index (χ3v) is 5.03. The molecule has 3 aromatic rings. The Kier molecular flexibility index (Phi) is 6.01. The van der Waals surface area contributed by atoms with Crippen molar-refractivity contribution in [3.05, 3.63) is 98.9 Å². The summed E-state index contributed by atoms with van der Waals surface area (Å²) in [4.78, 5) is 26.4. The van der Waals surface area contributed by atoms with Gasteiger partial charge >= 0.3 is 0 Å². The molecule has 0 aromatic heterocycles. The van der Waals surface area contributed by atoms with E-state index < -0.39 is 0 Å². The maximum atomic E-state index is 13.2. The second kappa shape index (κ2) is 8.43. The number of carbonyl (C=O) groups excluding carboxylic acids is 2. The lowest BCUT2D eigenvalue weighted by Gasteiger charge is -2.25. The van der Waals surface area contributed by atoms with Gasteiger partial charge < -0.3 is 4.90 Å². The highest BCUT2D eigenvalue weighted by Gasteiger charge is 2.21. The summed E-state index contributed by atoms with van der Waals surface area (Å²) in [7, 11) is 0. The fourth-order valence-corrected chi connectivity index (χ4v) is 3.53. The Bertz CT molecular complexity index is 971. The van der Waals surface area contributed by atoms with Gasteiger partial charge in [-0.15, -0.1) is 0 Å². The van der Waals surface area contributed by atoms with Crippen molar-refractivity contribution < 1.29 is 14.0 Å². The van der Waals surface area contributed by atoms with Gasteiger partial charge in [-0.25, -0.2) is 4.39 Å². The molecule has 0 aliphatic heterocycles. The van der Waals surface area contributed by atoms with Gasteiger partial charge in [-0.1, -0.05) is 30.3 Å². The molecule has 0 saturated carbocycles. The van der Waals surface area contributed by atoms with E-state index >= 15 is 0 Å². The zero-order chi connectivity index (χ0) is 19.4. The molecular weight excluding hydrogens is 456 g/mol.